The lowest BCUT2D eigenvalue weighted by molar-refractivity contribution is -0.143. The Morgan fingerprint density at radius 2 is 1.62 bits per heavy atom. The maximum atomic E-state index is 12.9. The molecule has 0 bridgehead atoms. The summed E-state index contributed by atoms with van der Waals surface area (Å²) < 4.78 is 32.7. The Bertz CT molecular complexity index is 1080. The van der Waals surface area contributed by atoms with Gasteiger partial charge >= 0.3 is 19.7 Å². The van der Waals surface area contributed by atoms with Crippen LogP contribution in [0.5, 0.6) is 0 Å². The number of carbonyl (C=O) groups is 7. The summed E-state index contributed by atoms with van der Waals surface area (Å²) in [7, 11) is -1.65. The van der Waals surface area contributed by atoms with Crippen molar-refractivity contribution in [2.45, 2.75) is 65.5 Å². The van der Waals surface area contributed by atoms with Gasteiger partial charge in [-0.2, -0.15) is 0 Å². The van der Waals surface area contributed by atoms with E-state index in [0.717, 1.165) is 11.8 Å². The second kappa shape index (κ2) is 17.5. The summed E-state index contributed by atoms with van der Waals surface area (Å²) in [6.07, 6.45) is -2.04. The minimum Gasteiger partial charge on any atom is -0.469 e. The minimum absolute atomic E-state index is 0.0553. The summed E-state index contributed by atoms with van der Waals surface area (Å²) >= 11 is 0.833. The summed E-state index contributed by atoms with van der Waals surface area (Å²) in [6, 6.07) is -1.01. The summed E-state index contributed by atoms with van der Waals surface area (Å²) in [6.45, 7) is 6.10. The summed E-state index contributed by atoms with van der Waals surface area (Å²) in [5.41, 5.74) is -0.865. The first-order valence-corrected chi connectivity index (χ1v) is 15.7. The average molecular weight is 638 g/mol. The molecule has 1 saturated heterocycles. The zero-order chi connectivity index (χ0) is 32.1. The standard InChI is InChI=1S/C25H40N3O12PS/c1-15(17(29)7-8-20(32)37-5)18(30)13-21(33)42-12-11-26-19(31)9-10-27-23(34)22-25(3,4)14-39-41(36,40-22)28-16(2)24(35)38-6/h15-16,22H,7-14H2,1-6H3,(H,26,31)(H,27,34)(H,28,36)/t15?,16-,22-,41?/m0/s1. The maximum absolute atomic E-state index is 12.9. The Morgan fingerprint density at radius 1 is 0.952 bits per heavy atom. The van der Waals surface area contributed by atoms with Crippen molar-refractivity contribution < 1.29 is 56.6 Å². The third-order valence-corrected chi connectivity index (χ3v) is 8.67. The summed E-state index contributed by atoms with van der Waals surface area (Å²) in [4.78, 5) is 83.9. The number of ketones is 2. The Hall–Kier alpha value is -2.65. The van der Waals surface area contributed by atoms with Crippen LogP contribution in [-0.2, 0) is 56.6 Å². The van der Waals surface area contributed by atoms with Crippen molar-refractivity contribution in [2.75, 3.05) is 39.7 Å². The predicted octanol–water partition coefficient (Wildman–Crippen LogP) is 0.687. The lowest BCUT2D eigenvalue weighted by atomic mass is 9.87. The predicted molar refractivity (Wildman–Crippen MR) is 150 cm³/mol. The van der Waals surface area contributed by atoms with Gasteiger partial charge in [0, 0.05) is 37.1 Å². The van der Waals surface area contributed by atoms with Gasteiger partial charge in [0.25, 0.3) is 0 Å². The number of ether oxygens (including phenoxy) is 2. The Kier molecular flexibility index (Phi) is 15.5. The van der Waals surface area contributed by atoms with Crippen LogP contribution in [0.15, 0.2) is 0 Å². The second-order valence-corrected chi connectivity index (χ2v) is 13.0. The zero-order valence-electron chi connectivity index (χ0n) is 24.6. The van der Waals surface area contributed by atoms with Gasteiger partial charge < -0.3 is 20.1 Å². The van der Waals surface area contributed by atoms with Crippen molar-refractivity contribution in [1.82, 2.24) is 15.7 Å². The highest BCUT2D eigenvalue weighted by atomic mass is 32.2. The molecule has 1 rings (SSSR count). The zero-order valence-corrected chi connectivity index (χ0v) is 26.4. The SMILES string of the molecule is COC(=O)CCC(=O)C(C)C(=O)CC(=O)SCCNC(=O)CCNC(=O)[C@@H]1OP(=O)(N[C@@H](C)C(=O)OC)OCC1(C)C. The number of esters is 2. The van der Waals surface area contributed by atoms with Gasteiger partial charge in [0.15, 0.2) is 17.0 Å². The second-order valence-electron chi connectivity index (χ2n) is 10.1. The normalized spacial score (nSPS) is 20.9. The van der Waals surface area contributed by atoms with Crippen LogP contribution in [0.25, 0.3) is 0 Å². The topological polar surface area (TPSA) is 210 Å². The van der Waals surface area contributed by atoms with Crippen LogP contribution in [0, 0.1) is 11.3 Å². The first-order chi connectivity index (χ1) is 19.5. The first kappa shape index (κ1) is 37.4. The van der Waals surface area contributed by atoms with Crippen molar-refractivity contribution >= 4 is 59.9 Å². The number of hydrogen-bond donors (Lipinski definition) is 3. The highest BCUT2D eigenvalue weighted by molar-refractivity contribution is 8.13. The van der Waals surface area contributed by atoms with Gasteiger partial charge in [-0.05, 0) is 13.8 Å². The molecule has 0 aromatic heterocycles. The van der Waals surface area contributed by atoms with Crippen LogP contribution in [-0.4, -0.2) is 92.2 Å². The van der Waals surface area contributed by atoms with Crippen LogP contribution in [0.1, 0.15) is 53.4 Å². The molecule has 1 aliphatic heterocycles. The lowest BCUT2D eigenvalue weighted by Gasteiger charge is -2.40. The smallest absolute Gasteiger partial charge is 0.407 e. The summed E-state index contributed by atoms with van der Waals surface area (Å²) in [5.74, 6) is -4.12. The molecule has 17 heteroatoms. The molecule has 1 aliphatic rings. The van der Waals surface area contributed by atoms with E-state index < -0.39 is 78.1 Å². The fourth-order valence-corrected chi connectivity index (χ4v) is 6.09. The average Bonchev–Trinajstić information content (AvgIpc) is 2.94. The van der Waals surface area contributed by atoms with E-state index in [1.165, 1.54) is 28.1 Å². The van der Waals surface area contributed by atoms with Gasteiger partial charge in [0.05, 0.1) is 39.6 Å². The molecule has 4 atom stereocenters. The largest absolute Gasteiger partial charge is 0.469 e. The number of thioether (sulfide) groups is 1. The van der Waals surface area contributed by atoms with E-state index in [9.17, 15) is 38.1 Å². The number of rotatable bonds is 17. The number of carbonyl (C=O) groups excluding carboxylic acids is 7. The molecule has 1 fully saturated rings. The molecule has 3 N–H and O–H groups in total. The third-order valence-electron chi connectivity index (χ3n) is 6.13. The Balaban J connectivity index is 2.39. The molecule has 1 heterocycles. The highest BCUT2D eigenvalue weighted by Crippen LogP contribution is 2.53. The summed E-state index contributed by atoms with van der Waals surface area (Å²) in [5, 5.41) is 7.12. The fourth-order valence-electron chi connectivity index (χ4n) is 3.48. The molecule has 2 unspecified atom stereocenters. The molecule has 0 aliphatic carbocycles. The number of hydrogen-bond acceptors (Lipinski definition) is 13. The van der Waals surface area contributed by atoms with E-state index in [0.29, 0.717) is 0 Å². The number of nitrogens with one attached hydrogen (secondary N) is 3. The van der Waals surface area contributed by atoms with E-state index in [-0.39, 0.29) is 44.7 Å². The van der Waals surface area contributed by atoms with Crippen molar-refractivity contribution in [3.05, 3.63) is 0 Å². The molecule has 0 spiro atoms. The van der Waals surface area contributed by atoms with Gasteiger partial charge in [-0.15, -0.1) is 0 Å². The molecule has 0 saturated carbocycles. The van der Waals surface area contributed by atoms with Crippen LogP contribution in [0.4, 0.5) is 0 Å². The number of methoxy groups -OCH3 is 2. The monoisotopic (exact) mass is 637 g/mol. The molecule has 15 nitrogen and oxygen atoms in total. The van der Waals surface area contributed by atoms with E-state index in [2.05, 4.69) is 25.2 Å². The van der Waals surface area contributed by atoms with Gasteiger partial charge in [0.2, 0.25) is 11.8 Å². The van der Waals surface area contributed by atoms with E-state index in [1.807, 2.05) is 0 Å². The van der Waals surface area contributed by atoms with Crippen molar-refractivity contribution in [2.24, 2.45) is 11.3 Å². The van der Waals surface area contributed by atoms with E-state index >= 15 is 0 Å². The Labute approximate surface area is 248 Å². The minimum atomic E-state index is -4.01. The maximum Gasteiger partial charge on any atom is 0.407 e. The molecular formula is C25H40N3O12PS. The number of amides is 2. The van der Waals surface area contributed by atoms with Crippen molar-refractivity contribution in [3.63, 3.8) is 0 Å². The van der Waals surface area contributed by atoms with Gasteiger partial charge in [-0.1, -0.05) is 25.6 Å². The van der Waals surface area contributed by atoms with Crippen LogP contribution < -0.4 is 15.7 Å². The fraction of sp³-hybridized carbons (Fsp3) is 0.720. The van der Waals surface area contributed by atoms with E-state index in [1.54, 1.807) is 13.8 Å². The van der Waals surface area contributed by atoms with Crippen LogP contribution >= 0.6 is 19.5 Å². The van der Waals surface area contributed by atoms with Gasteiger partial charge in [0.1, 0.15) is 11.8 Å². The molecule has 0 radical (unpaired) electrons. The van der Waals surface area contributed by atoms with Crippen molar-refractivity contribution in [1.29, 1.82) is 0 Å². The molecule has 0 aromatic carbocycles. The Morgan fingerprint density at radius 3 is 2.24 bits per heavy atom. The van der Waals surface area contributed by atoms with Crippen LogP contribution in [0.2, 0.25) is 0 Å². The van der Waals surface area contributed by atoms with Crippen LogP contribution in [0.3, 0.4) is 0 Å². The quantitative estimate of drug-likeness (QED) is 0.0867. The third kappa shape index (κ3) is 12.7. The van der Waals surface area contributed by atoms with Crippen molar-refractivity contribution in [3.8, 4) is 0 Å². The first-order valence-electron chi connectivity index (χ1n) is 13.2. The molecule has 0 aromatic rings. The molecule has 42 heavy (non-hydrogen) atoms. The molecule has 238 valence electrons. The molecule has 2 amide bonds. The lowest BCUT2D eigenvalue weighted by Crippen LogP contribution is -2.51. The van der Waals surface area contributed by atoms with E-state index in [4.69, 9.17) is 9.05 Å². The highest BCUT2D eigenvalue weighted by Gasteiger charge is 2.49. The van der Waals surface area contributed by atoms with Gasteiger partial charge in [-0.25, -0.2) is 9.65 Å². The number of Topliss-reactive ketones (excluding diaryl/α,β-unsaturated/α-hetero) is 2. The van der Waals surface area contributed by atoms with Gasteiger partial charge in [-0.3, -0.25) is 42.6 Å². The molecular weight excluding hydrogens is 597 g/mol.